The van der Waals surface area contributed by atoms with Gasteiger partial charge in [0.1, 0.15) is 0 Å². The Morgan fingerprint density at radius 1 is 0.971 bits per heavy atom. The molecule has 2 saturated heterocycles. The third-order valence-electron chi connectivity index (χ3n) is 6.68. The number of benzene rings is 2. The van der Waals surface area contributed by atoms with Crippen molar-refractivity contribution in [2.45, 2.75) is 19.4 Å². The number of hydrogen-bond donors (Lipinski definition) is 0. The molecule has 0 aliphatic carbocycles. The van der Waals surface area contributed by atoms with Gasteiger partial charge in [-0.15, -0.1) is 0 Å². The van der Waals surface area contributed by atoms with Crippen LogP contribution in [-0.4, -0.2) is 72.9 Å². The summed E-state index contributed by atoms with van der Waals surface area (Å²) in [6.45, 7) is 4.75. The Bertz CT molecular complexity index is 1010. The van der Waals surface area contributed by atoms with Gasteiger partial charge in [-0.05, 0) is 42.2 Å². The molecule has 2 aliphatic rings. The molecule has 2 aromatic rings. The summed E-state index contributed by atoms with van der Waals surface area (Å²) in [5.74, 6) is 0.0677. The lowest BCUT2D eigenvalue weighted by atomic mass is 9.95. The van der Waals surface area contributed by atoms with Crippen LogP contribution in [0.1, 0.15) is 24.0 Å². The Kier molecular flexibility index (Phi) is 7.95. The zero-order valence-electron chi connectivity index (χ0n) is 19.7. The highest BCUT2D eigenvalue weighted by molar-refractivity contribution is 5.92. The van der Waals surface area contributed by atoms with E-state index in [4.69, 9.17) is 4.74 Å². The predicted octanol–water partition coefficient (Wildman–Crippen LogP) is 3.43. The maximum atomic E-state index is 14.0. The summed E-state index contributed by atoms with van der Waals surface area (Å²) in [6, 6.07) is 14.8. The second-order valence-electron chi connectivity index (χ2n) is 8.91. The van der Waals surface area contributed by atoms with E-state index in [-0.39, 0.29) is 29.3 Å². The minimum atomic E-state index is -0.353. The number of methoxy groups -OCH3 is 1. The zero-order chi connectivity index (χ0) is 23.9. The molecule has 6 nitrogen and oxygen atoms in total. The van der Waals surface area contributed by atoms with E-state index in [0.717, 1.165) is 24.2 Å². The van der Waals surface area contributed by atoms with Crippen LogP contribution in [0.2, 0.25) is 0 Å². The van der Waals surface area contributed by atoms with Crippen molar-refractivity contribution in [1.82, 2.24) is 14.7 Å². The molecule has 34 heavy (non-hydrogen) atoms. The highest BCUT2D eigenvalue weighted by Crippen LogP contribution is 2.22. The van der Waals surface area contributed by atoms with Crippen LogP contribution in [0, 0.1) is 11.7 Å². The molecule has 0 N–H and O–H groups in total. The molecule has 2 aliphatic heterocycles. The second-order valence-corrected chi connectivity index (χ2v) is 8.91. The van der Waals surface area contributed by atoms with Crippen LogP contribution in [0.3, 0.4) is 0 Å². The Balaban J connectivity index is 1.21. The van der Waals surface area contributed by atoms with E-state index in [9.17, 15) is 14.0 Å². The average Bonchev–Trinajstić information content (AvgIpc) is 2.88. The van der Waals surface area contributed by atoms with E-state index in [1.54, 1.807) is 12.1 Å². The number of nitrogens with zero attached hydrogens (tertiary/aromatic N) is 3. The van der Waals surface area contributed by atoms with Gasteiger partial charge in [0.2, 0.25) is 11.8 Å². The van der Waals surface area contributed by atoms with Crippen molar-refractivity contribution in [3.05, 3.63) is 71.6 Å². The van der Waals surface area contributed by atoms with Crippen molar-refractivity contribution in [1.29, 1.82) is 0 Å². The quantitative estimate of drug-likeness (QED) is 0.614. The van der Waals surface area contributed by atoms with E-state index in [2.05, 4.69) is 4.90 Å². The SMILES string of the molecule is COc1ccc(CN2CCN(C(=O)C3CCN(C(=O)/C=C/c4ccccc4)CC3)CC2)cc1F. The fourth-order valence-corrected chi connectivity index (χ4v) is 4.63. The lowest BCUT2D eigenvalue weighted by Crippen LogP contribution is -2.51. The van der Waals surface area contributed by atoms with Crippen LogP contribution in [0.15, 0.2) is 54.6 Å². The smallest absolute Gasteiger partial charge is 0.246 e. The molecule has 0 aromatic heterocycles. The molecule has 2 fully saturated rings. The van der Waals surface area contributed by atoms with Crippen molar-refractivity contribution >= 4 is 17.9 Å². The number of halogens is 1. The van der Waals surface area contributed by atoms with E-state index >= 15 is 0 Å². The number of likely N-dealkylation sites (tertiary alicyclic amines) is 1. The maximum absolute atomic E-state index is 14.0. The molecule has 2 heterocycles. The van der Waals surface area contributed by atoms with Gasteiger partial charge in [0.25, 0.3) is 0 Å². The Hall–Kier alpha value is -3.19. The van der Waals surface area contributed by atoms with Crippen molar-refractivity contribution in [2.24, 2.45) is 5.92 Å². The summed E-state index contributed by atoms with van der Waals surface area (Å²) in [5, 5.41) is 0. The van der Waals surface area contributed by atoms with Gasteiger partial charge in [0.05, 0.1) is 7.11 Å². The van der Waals surface area contributed by atoms with Gasteiger partial charge in [0, 0.05) is 57.8 Å². The lowest BCUT2D eigenvalue weighted by Gasteiger charge is -2.38. The fourth-order valence-electron chi connectivity index (χ4n) is 4.63. The summed E-state index contributed by atoms with van der Waals surface area (Å²) in [4.78, 5) is 31.6. The number of carbonyl (C=O) groups excluding carboxylic acids is 2. The number of ether oxygens (including phenoxy) is 1. The third-order valence-corrected chi connectivity index (χ3v) is 6.68. The number of rotatable bonds is 6. The molecular formula is C27H32FN3O3. The highest BCUT2D eigenvalue weighted by atomic mass is 19.1. The van der Waals surface area contributed by atoms with Gasteiger partial charge < -0.3 is 14.5 Å². The van der Waals surface area contributed by atoms with Gasteiger partial charge in [-0.2, -0.15) is 0 Å². The minimum absolute atomic E-state index is 0.00154. The number of carbonyl (C=O) groups is 2. The van der Waals surface area contributed by atoms with Crippen molar-refractivity contribution in [3.8, 4) is 5.75 Å². The Labute approximate surface area is 200 Å². The maximum Gasteiger partial charge on any atom is 0.246 e. The number of amides is 2. The van der Waals surface area contributed by atoms with Crippen LogP contribution < -0.4 is 4.74 Å². The van der Waals surface area contributed by atoms with Gasteiger partial charge in [-0.25, -0.2) is 4.39 Å². The van der Waals surface area contributed by atoms with Crippen LogP contribution in [0.25, 0.3) is 6.08 Å². The summed E-state index contributed by atoms with van der Waals surface area (Å²) in [7, 11) is 1.46. The molecule has 4 rings (SSSR count). The van der Waals surface area contributed by atoms with Crippen LogP contribution in [-0.2, 0) is 16.1 Å². The summed E-state index contributed by atoms with van der Waals surface area (Å²) < 4.78 is 18.9. The monoisotopic (exact) mass is 465 g/mol. The molecule has 0 saturated carbocycles. The molecule has 0 radical (unpaired) electrons. The molecule has 0 spiro atoms. The molecule has 0 atom stereocenters. The minimum Gasteiger partial charge on any atom is -0.494 e. The van der Waals surface area contributed by atoms with E-state index in [1.165, 1.54) is 13.2 Å². The Morgan fingerprint density at radius 3 is 2.32 bits per heavy atom. The van der Waals surface area contributed by atoms with Gasteiger partial charge in [-0.3, -0.25) is 14.5 Å². The lowest BCUT2D eigenvalue weighted by molar-refractivity contribution is -0.141. The molecule has 2 amide bonds. The van der Waals surface area contributed by atoms with Crippen LogP contribution >= 0.6 is 0 Å². The molecule has 7 heteroatoms. The average molecular weight is 466 g/mol. The summed E-state index contributed by atoms with van der Waals surface area (Å²) >= 11 is 0. The molecule has 0 bridgehead atoms. The normalized spacial score (nSPS) is 17.8. The van der Waals surface area contributed by atoms with E-state index in [0.29, 0.717) is 45.6 Å². The topological polar surface area (TPSA) is 53.1 Å². The molecule has 180 valence electrons. The molecule has 2 aromatic carbocycles. The molecule has 0 unspecified atom stereocenters. The van der Waals surface area contributed by atoms with Gasteiger partial charge in [0.15, 0.2) is 11.6 Å². The zero-order valence-corrected chi connectivity index (χ0v) is 19.7. The first kappa shape index (κ1) is 24.0. The summed E-state index contributed by atoms with van der Waals surface area (Å²) in [5.41, 5.74) is 1.90. The standard InChI is InChI=1S/C27H32FN3O3/c1-34-25-9-7-22(19-24(25)28)20-29-15-17-31(18-16-29)27(33)23-11-13-30(14-12-23)26(32)10-8-21-5-3-2-4-6-21/h2-10,19,23H,11-18,20H2,1H3/b10-8+. The summed E-state index contributed by atoms with van der Waals surface area (Å²) in [6.07, 6.45) is 4.86. The first-order valence-corrected chi connectivity index (χ1v) is 11.9. The van der Waals surface area contributed by atoms with Crippen molar-refractivity contribution in [2.75, 3.05) is 46.4 Å². The predicted molar refractivity (Wildman–Crippen MR) is 130 cm³/mol. The molecular weight excluding hydrogens is 433 g/mol. The number of piperidine rings is 1. The fraction of sp³-hybridized carbons (Fsp3) is 0.407. The number of hydrogen-bond acceptors (Lipinski definition) is 4. The van der Waals surface area contributed by atoms with Crippen molar-refractivity contribution in [3.63, 3.8) is 0 Å². The number of piperazine rings is 1. The second kappa shape index (κ2) is 11.3. The largest absolute Gasteiger partial charge is 0.494 e. The highest BCUT2D eigenvalue weighted by Gasteiger charge is 2.31. The Morgan fingerprint density at radius 2 is 1.68 bits per heavy atom. The van der Waals surface area contributed by atoms with Crippen LogP contribution in [0.5, 0.6) is 5.75 Å². The first-order chi connectivity index (χ1) is 16.5. The van der Waals surface area contributed by atoms with E-state index in [1.807, 2.05) is 52.3 Å². The van der Waals surface area contributed by atoms with Crippen molar-refractivity contribution < 1.29 is 18.7 Å². The van der Waals surface area contributed by atoms with Crippen LogP contribution in [0.4, 0.5) is 4.39 Å². The first-order valence-electron chi connectivity index (χ1n) is 11.9. The van der Waals surface area contributed by atoms with E-state index < -0.39 is 0 Å². The van der Waals surface area contributed by atoms with Gasteiger partial charge in [-0.1, -0.05) is 36.4 Å². The van der Waals surface area contributed by atoms with Gasteiger partial charge >= 0.3 is 0 Å². The third kappa shape index (κ3) is 6.03.